The van der Waals surface area contributed by atoms with E-state index in [9.17, 15) is 0 Å². The van der Waals surface area contributed by atoms with Gasteiger partial charge in [-0.15, -0.1) is 13.2 Å². The number of hydrogen-bond donors (Lipinski definition) is 0. The maximum absolute atomic E-state index is 3.00. The Kier molecular flexibility index (Phi) is 33.4. The molecule has 134 valence electrons. The molecule has 0 radical (unpaired) electrons. The molecular formula is C21H44O. The molecular weight excluding hydrogens is 268 g/mol. The molecule has 1 heteroatoms. The molecule has 1 aliphatic rings. The topological polar surface area (TPSA) is 31.5 Å². The summed E-state index contributed by atoms with van der Waals surface area (Å²) >= 11 is 0. The highest BCUT2D eigenvalue weighted by Gasteiger charge is 1.96. The SMILES string of the molecule is C/C=C\CC(C)CCCC.C=C.CC(C)C.CC1=CCC1.O. The van der Waals surface area contributed by atoms with Crippen molar-refractivity contribution in [3.05, 3.63) is 37.0 Å². The van der Waals surface area contributed by atoms with Crippen LogP contribution in [-0.4, -0.2) is 5.48 Å². The van der Waals surface area contributed by atoms with Crippen LogP contribution in [0.25, 0.3) is 0 Å². The summed E-state index contributed by atoms with van der Waals surface area (Å²) in [5.41, 5.74) is 1.56. The van der Waals surface area contributed by atoms with Gasteiger partial charge in [-0.25, -0.2) is 0 Å². The summed E-state index contributed by atoms with van der Waals surface area (Å²) in [5.74, 6) is 1.72. The van der Waals surface area contributed by atoms with Crippen molar-refractivity contribution >= 4 is 0 Å². The molecule has 22 heavy (non-hydrogen) atoms. The predicted octanol–water partition coefficient (Wildman–Crippen LogP) is 7.15. The van der Waals surface area contributed by atoms with E-state index in [1.165, 1.54) is 38.5 Å². The number of hydrogen-bond acceptors (Lipinski definition) is 0. The molecule has 1 aliphatic carbocycles. The van der Waals surface area contributed by atoms with Crippen LogP contribution in [0.1, 0.15) is 87.0 Å². The van der Waals surface area contributed by atoms with Crippen molar-refractivity contribution in [2.45, 2.75) is 87.0 Å². The monoisotopic (exact) mass is 312 g/mol. The van der Waals surface area contributed by atoms with Crippen LogP contribution in [0, 0.1) is 11.8 Å². The van der Waals surface area contributed by atoms with Gasteiger partial charge in [-0.2, -0.15) is 0 Å². The second-order valence-electron chi connectivity index (χ2n) is 6.37. The highest BCUT2D eigenvalue weighted by molar-refractivity contribution is 5.07. The first kappa shape index (κ1) is 29.2. The molecule has 0 saturated heterocycles. The lowest BCUT2D eigenvalue weighted by Crippen LogP contribution is -1.91. The predicted molar refractivity (Wildman–Crippen MR) is 106 cm³/mol. The van der Waals surface area contributed by atoms with Crippen molar-refractivity contribution in [2.75, 3.05) is 0 Å². The molecule has 0 bridgehead atoms. The molecule has 0 heterocycles. The molecule has 0 amide bonds. The first-order valence-corrected chi connectivity index (χ1v) is 8.70. The van der Waals surface area contributed by atoms with Gasteiger partial charge in [0.1, 0.15) is 0 Å². The summed E-state index contributed by atoms with van der Waals surface area (Å²) in [5, 5.41) is 0. The van der Waals surface area contributed by atoms with Crippen molar-refractivity contribution in [1.82, 2.24) is 0 Å². The lowest BCUT2D eigenvalue weighted by molar-refractivity contribution is 0.512. The van der Waals surface area contributed by atoms with Gasteiger partial charge in [0.25, 0.3) is 0 Å². The largest absolute Gasteiger partial charge is 0.412 e. The molecule has 1 atom stereocenters. The summed E-state index contributed by atoms with van der Waals surface area (Å²) in [6.45, 7) is 21.3. The standard InChI is InChI=1S/C10H20.C5H8.C4H10.C2H4.H2O/c1-4-6-8-10(3)9-7-5-2;1-5-3-2-4-5;1-4(2)3;1-2;/h4,6,10H,5,7-9H2,1-3H3;3H,2,4H2,1H3;4H,1-3H3;1-2H2;1H2/b6-4-;;;;. The molecule has 1 rings (SSSR count). The Morgan fingerprint density at radius 3 is 1.82 bits per heavy atom. The minimum atomic E-state index is 0. The van der Waals surface area contributed by atoms with Crippen molar-refractivity contribution in [3.8, 4) is 0 Å². The smallest absolute Gasteiger partial charge is 0.0288 e. The molecule has 0 aromatic heterocycles. The average Bonchev–Trinajstić information content (AvgIpc) is 2.43. The summed E-state index contributed by atoms with van der Waals surface area (Å²) in [4.78, 5) is 0. The summed E-state index contributed by atoms with van der Waals surface area (Å²) in [6, 6.07) is 0. The van der Waals surface area contributed by atoms with Gasteiger partial charge in [0.05, 0.1) is 0 Å². The van der Waals surface area contributed by atoms with E-state index in [0.717, 1.165) is 11.8 Å². The molecule has 2 N–H and O–H groups in total. The Hall–Kier alpha value is -0.820. The summed E-state index contributed by atoms with van der Waals surface area (Å²) in [6.07, 6.45) is 14.7. The van der Waals surface area contributed by atoms with E-state index in [1.807, 2.05) is 0 Å². The van der Waals surface area contributed by atoms with E-state index in [-0.39, 0.29) is 5.48 Å². The van der Waals surface area contributed by atoms with Crippen molar-refractivity contribution in [1.29, 1.82) is 0 Å². The first-order valence-electron chi connectivity index (χ1n) is 8.70. The number of unbranched alkanes of at least 4 members (excludes halogenated alkanes) is 1. The molecule has 0 saturated carbocycles. The van der Waals surface area contributed by atoms with Gasteiger partial charge in [0.2, 0.25) is 0 Å². The second-order valence-corrected chi connectivity index (χ2v) is 6.37. The van der Waals surface area contributed by atoms with E-state index in [1.54, 1.807) is 5.57 Å². The van der Waals surface area contributed by atoms with Crippen molar-refractivity contribution in [2.24, 2.45) is 11.8 Å². The molecule has 1 unspecified atom stereocenters. The van der Waals surface area contributed by atoms with Crippen LogP contribution in [0.2, 0.25) is 0 Å². The van der Waals surface area contributed by atoms with Gasteiger partial charge in [0.15, 0.2) is 0 Å². The maximum Gasteiger partial charge on any atom is -0.0288 e. The summed E-state index contributed by atoms with van der Waals surface area (Å²) in [7, 11) is 0. The Balaban J connectivity index is -0.000000113. The Morgan fingerprint density at radius 1 is 1.18 bits per heavy atom. The molecule has 0 fully saturated rings. The molecule has 0 spiro atoms. The molecule has 0 aliphatic heterocycles. The normalized spacial score (nSPS) is 13.0. The van der Waals surface area contributed by atoms with Crippen molar-refractivity contribution < 1.29 is 5.48 Å². The van der Waals surface area contributed by atoms with E-state index >= 15 is 0 Å². The summed E-state index contributed by atoms with van der Waals surface area (Å²) < 4.78 is 0. The van der Waals surface area contributed by atoms with Gasteiger partial charge in [-0.1, -0.05) is 77.7 Å². The van der Waals surface area contributed by atoms with Crippen LogP contribution in [0.15, 0.2) is 37.0 Å². The second kappa shape index (κ2) is 25.2. The van der Waals surface area contributed by atoms with Crippen LogP contribution >= 0.6 is 0 Å². The Labute approximate surface area is 141 Å². The highest BCUT2D eigenvalue weighted by atomic mass is 16.0. The lowest BCUT2D eigenvalue weighted by Gasteiger charge is -2.05. The average molecular weight is 313 g/mol. The number of rotatable bonds is 5. The lowest BCUT2D eigenvalue weighted by atomic mass is 10.0. The Bertz CT molecular complexity index is 236. The van der Waals surface area contributed by atoms with Crippen LogP contribution in [0.3, 0.4) is 0 Å². The first-order chi connectivity index (χ1) is 9.93. The van der Waals surface area contributed by atoms with Crippen LogP contribution < -0.4 is 0 Å². The van der Waals surface area contributed by atoms with Gasteiger partial charge < -0.3 is 5.48 Å². The van der Waals surface area contributed by atoms with Crippen LogP contribution in [0.5, 0.6) is 0 Å². The minimum absolute atomic E-state index is 0. The van der Waals surface area contributed by atoms with E-state index in [0.29, 0.717) is 0 Å². The van der Waals surface area contributed by atoms with E-state index < -0.39 is 0 Å². The van der Waals surface area contributed by atoms with Gasteiger partial charge in [0, 0.05) is 0 Å². The van der Waals surface area contributed by atoms with E-state index in [4.69, 9.17) is 0 Å². The van der Waals surface area contributed by atoms with E-state index in [2.05, 4.69) is 79.9 Å². The third-order valence-electron chi connectivity index (χ3n) is 2.86. The van der Waals surface area contributed by atoms with Crippen LogP contribution in [0.4, 0.5) is 0 Å². The fraction of sp³-hybridized carbons (Fsp3) is 0.714. The fourth-order valence-corrected chi connectivity index (χ4v) is 1.47. The molecule has 0 aromatic carbocycles. The van der Waals surface area contributed by atoms with Crippen LogP contribution in [-0.2, 0) is 0 Å². The third kappa shape index (κ3) is 36.5. The van der Waals surface area contributed by atoms with Gasteiger partial charge in [-0.3, -0.25) is 0 Å². The quantitative estimate of drug-likeness (QED) is 0.483. The maximum atomic E-state index is 3.00. The number of allylic oxidation sites excluding steroid dienone is 4. The zero-order chi connectivity index (χ0) is 17.1. The minimum Gasteiger partial charge on any atom is -0.412 e. The fourth-order valence-electron chi connectivity index (χ4n) is 1.47. The highest BCUT2D eigenvalue weighted by Crippen LogP contribution is 2.15. The molecule has 0 aromatic rings. The Morgan fingerprint density at radius 2 is 1.59 bits per heavy atom. The van der Waals surface area contributed by atoms with Crippen molar-refractivity contribution in [3.63, 3.8) is 0 Å². The van der Waals surface area contributed by atoms with Gasteiger partial charge >= 0.3 is 0 Å². The zero-order valence-corrected chi connectivity index (χ0v) is 16.5. The van der Waals surface area contributed by atoms with Gasteiger partial charge in [-0.05, 0) is 44.9 Å². The third-order valence-corrected chi connectivity index (χ3v) is 2.86. The molecule has 1 nitrogen and oxygen atoms in total. The zero-order valence-electron chi connectivity index (χ0n) is 16.5.